The van der Waals surface area contributed by atoms with E-state index in [1.165, 1.54) is 25.1 Å². The molecular weight excluding hydrogens is 294 g/mol. The number of nitro benzene ring substituents is 1. The van der Waals surface area contributed by atoms with Crippen LogP contribution in [-0.2, 0) is 6.61 Å². The first-order chi connectivity index (χ1) is 9.99. The Morgan fingerprint density at radius 2 is 2.05 bits per heavy atom. The predicted molar refractivity (Wildman–Crippen MR) is 79.5 cm³/mol. The molecule has 0 aliphatic heterocycles. The van der Waals surface area contributed by atoms with Gasteiger partial charge in [0, 0.05) is 28.3 Å². The normalized spacial score (nSPS) is 12.0. The molecule has 110 valence electrons. The molecule has 0 heterocycles. The molecule has 0 radical (unpaired) electrons. The number of benzene rings is 2. The highest BCUT2D eigenvalue weighted by molar-refractivity contribution is 6.31. The fourth-order valence-corrected chi connectivity index (χ4v) is 2.07. The van der Waals surface area contributed by atoms with E-state index >= 15 is 0 Å². The van der Waals surface area contributed by atoms with E-state index < -0.39 is 11.0 Å². The van der Waals surface area contributed by atoms with Gasteiger partial charge in [0.25, 0.3) is 5.69 Å². The molecule has 2 aromatic rings. The fourth-order valence-electron chi connectivity index (χ4n) is 1.88. The van der Waals surface area contributed by atoms with Gasteiger partial charge in [-0.05, 0) is 19.1 Å². The number of aliphatic hydroxyl groups is 1. The van der Waals surface area contributed by atoms with E-state index in [0.717, 1.165) is 5.56 Å². The summed E-state index contributed by atoms with van der Waals surface area (Å²) in [5.74, 6) is 0.399. The number of aliphatic hydroxyl groups excluding tert-OH is 1. The summed E-state index contributed by atoms with van der Waals surface area (Å²) in [4.78, 5) is 10.3. The Morgan fingerprint density at radius 1 is 1.33 bits per heavy atom. The first-order valence-corrected chi connectivity index (χ1v) is 6.69. The quantitative estimate of drug-likeness (QED) is 0.672. The molecule has 1 N–H and O–H groups in total. The van der Waals surface area contributed by atoms with Gasteiger partial charge in [-0.15, -0.1) is 0 Å². The molecule has 0 saturated carbocycles. The topological polar surface area (TPSA) is 72.6 Å². The van der Waals surface area contributed by atoms with Crippen LogP contribution in [0, 0.1) is 10.1 Å². The van der Waals surface area contributed by atoms with Crippen molar-refractivity contribution in [2.75, 3.05) is 0 Å². The zero-order valence-electron chi connectivity index (χ0n) is 11.3. The lowest BCUT2D eigenvalue weighted by Gasteiger charge is -2.13. The van der Waals surface area contributed by atoms with E-state index in [1.54, 1.807) is 6.07 Å². The smallest absolute Gasteiger partial charge is 0.270 e. The molecule has 0 aliphatic rings. The van der Waals surface area contributed by atoms with Crippen LogP contribution in [0.5, 0.6) is 5.75 Å². The first-order valence-electron chi connectivity index (χ1n) is 6.31. The average molecular weight is 308 g/mol. The Balaban J connectivity index is 2.23. The lowest BCUT2D eigenvalue weighted by Crippen LogP contribution is -2.02. The Hall–Kier alpha value is -2.11. The number of nitro groups is 1. The third kappa shape index (κ3) is 3.71. The van der Waals surface area contributed by atoms with Gasteiger partial charge in [0.15, 0.2) is 0 Å². The molecule has 2 rings (SSSR count). The van der Waals surface area contributed by atoms with E-state index in [2.05, 4.69) is 0 Å². The Bertz CT molecular complexity index is 658. The van der Waals surface area contributed by atoms with E-state index in [-0.39, 0.29) is 12.3 Å². The van der Waals surface area contributed by atoms with Crippen molar-refractivity contribution < 1.29 is 14.8 Å². The van der Waals surface area contributed by atoms with Crippen LogP contribution < -0.4 is 4.74 Å². The minimum atomic E-state index is -0.869. The molecule has 0 aromatic heterocycles. The van der Waals surface area contributed by atoms with Gasteiger partial charge in [0.1, 0.15) is 12.4 Å². The number of hydrogen-bond donors (Lipinski definition) is 1. The van der Waals surface area contributed by atoms with Gasteiger partial charge in [-0.1, -0.05) is 29.8 Å². The zero-order chi connectivity index (χ0) is 15.4. The average Bonchev–Trinajstić information content (AvgIpc) is 2.46. The van der Waals surface area contributed by atoms with E-state index in [4.69, 9.17) is 16.3 Å². The lowest BCUT2D eigenvalue weighted by atomic mass is 10.1. The van der Waals surface area contributed by atoms with Gasteiger partial charge in [0.2, 0.25) is 0 Å². The summed E-state index contributed by atoms with van der Waals surface area (Å²) < 4.78 is 5.63. The van der Waals surface area contributed by atoms with Crippen LogP contribution in [-0.4, -0.2) is 10.0 Å². The van der Waals surface area contributed by atoms with Crippen molar-refractivity contribution in [2.45, 2.75) is 19.6 Å². The summed E-state index contributed by atoms with van der Waals surface area (Å²) in [5, 5.41) is 21.1. The van der Waals surface area contributed by atoms with Crippen molar-refractivity contribution in [1.82, 2.24) is 0 Å². The fraction of sp³-hybridized carbons (Fsp3) is 0.200. The van der Waals surface area contributed by atoms with Gasteiger partial charge in [-0.25, -0.2) is 0 Å². The summed E-state index contributed by atoms with van der Waals surface area (Å²) in [6, 6.07) is 11.4. The second-order valence-corrected chi connectivity index (χ2v) is 4.94. The molecule has 6 heteroatoms. The summed E-state index contributed by atoms with van der Waals surface area (Å²) in [6.07, 6.45) is -0.869. The molecule has 1 unspecified atom stereocenters. The summed E-state index contributed by atoms with van der Waals surface area (Å²) >= 11 is 6.04. The molecule has 0 fully saturated rings. The number of ether oxygens (including phenoxy) is 1. The van der Waals surface area contributed by atoms with E-state index in [9.17, 15) is 15.2 Å². The second-order valence-electron chi connectivity index (χ2n) is 4.54. The van der Waals surface area contributed by atoms with Crippen molar-refractivity contribution in [1.29, 1.82) is 0 Å². The molecular formula is C15H14ClNO4. The van der Waals surface area contributed by atoms with Crippen molar-refractivity contribution in [3.63, 3.8) is 0 Å². The summed E-state index contributed by atoms with van der Waals surface area (Å²) in [6.45, 7) is 1.75. The third-order valence-electron chi connectivity index (χ3n) is 3.00. The molecule has 5 nitrogen and oxygen atoms in total. The van der Waals surface area contributed by atoms with Gasteiger partial charge in [-0.2, -0.15) is 0 Å². The number of nitrogens with zero attached hydrogens (tertiary/aromatic N) is 1. The van der Waals surface area contributed by atoms with Crippen LogP contribution in [0.25, 0.3) is 0 Å². The Labute approximate surface area is 126 Å². The molecule has 2 aromatic carbocycles. The lowest BCUT2D eigenvalue weighted by molar-refractivity contribution is -0.385. The highest BCUT2D eigenvalue weighted by Gasteiger charge is 2.15. The van der Waals surface area contributed by atoms with Crippen LogP contribution in [0.2, 0.25) is 5.02 Å². The van der Waals surface area contributed by atoms with E-state index in [0.29, 0.717) is 16.3 Å². The van der Waals surface area contributed by atoms with Crippen LogP contribution in [0.3, 0.4) is 0 Å². The number of halogens is 1. The molecule has 0 amide bonds. The Morgan fingerprint density at radius 3 is 2.67 bits per heavy atom. The van der Waals surface area contributed by atoms with Crippen LogP contribution in [0.4, 0.5) is 5.69 Å². The largest absolute Gasteiger partial charge is 0.488 e. The number of hydrogen-bond acceptors (Lipinski definition) is 4. The molecule has 0 aliphatic carbocycles. The highest BCUT2D eigenvalue weighted by atomic mass is 35.5. The predicted octanol–water partition coefficient (Wildman–Crippen LogP) is 3.88. The maximum atomic E-state index is 10.8. The SMILES string of the molecule is CC(O)c1cc([N+](=O)[O-])ccc1OCc1ccccc1Cl. The minimum Gasteiger partial charge on any atom is -0.488 e. The minimum absolute atomic E-state index is 0.0870. The van der Waals surface area contributed by atoms with Crippen molar-refractivity contribution in [3.8, 4) is 5.75 Å². The monoisotopic (exact) mass is 307 g/mol. The second kappa shape index (κ2) is 6.56. The number of rotatable bonds is 5. The molecule has 0 spiro atoms. The van der Waals surface area contributed by atoms with Crippen LogP contribution in [0.15, 0.2) is 42.5 Å². The summed E-state index contributed by atoms with van der Waals surface area (Å²) in [5.41, 5.74) is 1.08. The Kier molecular flexibility index (Phi) is 4.77. The molecule has 0 saturated heterocycles. The van der Waals surface area contributed by atoms with Gasteiger partial charge in [0.05, 0.1) is 11.0 Å². The van der Waals surface area contributed by atoms with Gasteiger partial charge in [-0.3, -0.25) is 10.1 Å². The van der Waals surface area contributed by atoms with Gasteiger partial charge >= 0.3 is 0 Å². The maximum absolute atomic E-state index is 10.8. The third-order valence-corrected chi connectivity index (χ3v) is 3.36. The molecule has 21 heavy (non-hydrogen) atoms. The van der Waals surface area contributed by atoms with Crippen molar-refractivity contribution in [2.24, 2.45) is 0 Å². The van der Waals surface area contributed by atoms with Crippen molar-refractivity contribution >= 4 is 17.3 Å². The summed E-state index contributed by atoms with van der Waals surface area (Å²) in [7, 11) is 0. The molecule has 0 bridgehead atoms. The maximum Gasteiger partial charge on any atom is 0.270 e. The first kappa shape index (κ1) is 15.3. The highest BCUT2D eigenvalue weighted by Crippen LogP contribution is 2.30. The van der Waals surface area contributed by atoms with E-state index in [1.807, 2.05) is 18.2 Å². The standard InChI is InChI=1S/C15H14ClNO4/c1-10(18)13-8-12(17(19)20)6-7-15(13)21-9-11-4-2-3-5-14(11)16/h2-8,10,18H,9H2,1H3. The van der Waals surface area contributed by atoms with Crippen LogP contribution in [0.1, 0.15) is 24.2 Å². The molecule has 1 atom stereocenters. The zero-order valence-corrected chi connectivity index (χ0v) is 12.1. The van der Waals surface area contributed by atoms with Gasteiger partial charge < -0.3 is 9.84 Å². The van der Waals surface area contributed by atoms with Crippen LogP contribution >= 0.6 is 11.6 Å². The van der Waals surface area contributed by atoms with Crippen molar-refractivity contribution in [3.05, 3.63) is 68.7 Å². The number of non-ortho nitro benzene ring substituents is 1.